The number of nitrogen functional groups attached to an aromatic ring is 2. The van der Waals surface area contributed by atoms with Crippen LogP contribution in [0.5, 0.6) is 0 Å². The first kappa shape index (κ1) is 24.0. The van der Waals surface area contributed by atoms with Crippen molar-refractivity contribution in [1.82, 2.24) is 0 Å². The van der Waals surface area contributed by atoms with E-state index in [1.165, 1.54) is 54.9 Å². The van der Waals surface area contributed by atoms with E-state index < -0.39 is 5.41 Å². The van der Waals surface area contributed by atoms with Gasteiger partial charge in [0.15, 0.2) is 0 Å². The molecule has 0 amide bonds. The maximum absolute atomic E-state index is 6.97. The predicted molar refractivity (Wildman–Crippen MR) is 182 cm³/mol. The number of benzene rings is 8. The van der Waals surface area contributed by atoms with Gasteiger partial charge in [0.05, 0.1) is 5.41 Å². The molecule has 1 aliphatic rings. The fourth-order valence-corrected chi connectivity index (χ4v) is 7.77. The van der Waals surface area contributed by atoms with Crippen LogP contribution in [0.25, 0.3) is 54.6 Å². The summed E-state index contributed by atoms with van der Waals surface area (Å²) in [6.45, 7) is 0. The van der Waals surface area contributed by atoms with Crippen LogP contribution in [-0.2, 0) is 5.41 Å². The minimum absolute atomic E-state index is 0.411. The molecule has 0 radical (unpaired) electrons. The first-order chi connectivity index (χ1) is 21.2. The van der Waals surface area contributed by atoms with E-state index in [2.05, 4.69) is 140 Å². The van der Waals surface area contributed by atoms with Gasteiger partial charge in [-0.25, -0.2) is 0 Å². The molecular formula is C41H28N2. The van der Waals surface area contributed by atoms with Crippen LogP contribution >= 0.6 is 0 Å². The van der Waals surface area contributed by atoms with E-state index in [9.17, 15) is 0 Å². The molecule has 202 valence electrons. The average molecular weight is 549 g/mol. The molecule has 8 aromatic carbocycles. The molecule has 0 aliphatic heterocycles. The number of anilines is 2. The fraction of sp³-hybridized carbons (Fsp3) is 0.0244. The van der Waals surface area contributed by atoms with Crippen LogP contribution in [-0.4, -0.2) is 0 Å². The van der Waals surface area contributed by atoms with Gasteiger partial charge in [-0.1, -0.05) is 133 Å². The summed E-state index contributed by atoms with van der Waals surface area (Å²) < 4.78 is 0. The summed E-state index contributed by atoms with van der Waals surface area (Å²) in [5.41, 5.74) is 24.4. The Morgan fingerprint density at radius 1 is 0.419 bits per heavy atom. The van der Waals surface area contributed by atoms with Crippen LogP contribution in [0.15, 0.2) is 146 Å². The van der Waals surface area contributed by atoms with Crippen molar-refractivity contribution >= 4 is 43.7 Å². The smallest absolute Gasteiger partial charge is 0.0713 e. The van der Waals surface area contributed by atoms with E-state index in [-0.39, 0.29) is 0 Å². The van der Waals surface area contributed by atoms with Crippen molar-refractivity contribution in [3.63, 3.8) is 0 Å². The average Bonchev–Trinajstić information content (AvgIpc) is 3.37. The summed E-state index contributed by atoms with van der Waals surface area (Å²) in [5.74, 6) is 0. The molecule has 0 fully saturated rings. The van der Waals surface area contributed by atoms with Crippen LogP contribution in [0.4, 0.5) is 11.4 Å². The van der Waals surface area contributed by atoms with Gasteiger partial charge in [0.1, 0.15) is 0 Å². The number of nitrogens with two attached hydrogens (primary N) is 2. The second-order valence-electron chi connectivity index (χ2n) is 11.7. The Labute approximate surface area is 250 Å². The SMILES string of the molecule is Nc1ccc2ccc3c(N)c(-c4ccc(C5(c6ccccc6)c6ccccc6-c6ccccc65)cc4)cc4ccc1c2c43. The Morgan fingerprint density at radius 3 is 1.70 bits per heavy atom. The molecule has 0 atom stereocenters. The second kappa shape index (κ2) is 8.70. The quantitative estimate of drug-likeness (QED) is 0.171. The summed E-state index contributed by atoms with van der Waals surface area (Å²) in [6.07, 6.45) is 0. The van der Waals surface area contributed by atoms with E-state index in [4.69, 9.17) is 11.5 Å². The topological polar surface area (TPSA) is 52.0 Å². The van der Waals surface area contributed by atoms with E-state index in [1.807, 2.05) is 6.07 Å². The lowest BCUT2D eigenvalue weighted by atomic mass is 9.67. The highest BCUT2D eigenvalue weighted by Crippen LogP contribution is 2.56. The Morgan fingerprint density at radius 2 is 0.977 bits per heavy atom. The van der Waals surface area contributed by atoms with E-state index in [0.717, 1.165) is 33.3 Å². The third kappa shape index (κ3) is 3.13. The first-order valence-electron chi connectivity index (χ1n) is 14.8. The minimum Gasteiger partial charge on any atom is -0.398 e. The summed E-state index contributed by atoms with van der Waals surface area (Å²) in [7, 11) is 0. The lowest BCUT2D eigenvalue weighted by molar-refractivity contribution is 0.768. The molecule has 0 aromatic heterocycles. The molecule has 0 bridgehead atoms. The van der Waals surface area contributed by atoms with Crippen molar-refractivity contribution in [3.05, 3.63) is 168 Å². The van der Waals surface area contributed by atoms with Gasteiger partial charge in [0, 0.05) is 27.7 Å². The summed E-state index contributed by atoms with van der Waals surface area (Å²) in [4.78, 5) is 0. The molecular weight excluding hydrogens is 520 g/mol. The zero-order valence-corrected chi connectivity index (χ0v) is 23.5. The number of fused-ring (bicyclic) bond motifs is 3. The first-order valence-corrected chi connectivity index (χ1v) is 14.8. The third-order valence-electron chi connectivity index (χ3n) is 9.65. The molecule has 2 heteroatoms. The van der Waals surface area contributed by atoms with Crippen molar-refractivity contribution < 1.29 is 0 Å². The van der Waals surface area contributed by atoms with E-state index >= 15 is 0 Å². The minimum atomic E-state index is -0.411. The lowest BCUT2D eigenvalue weighted by Gasteiger charge is -2.34. The van der Waals surface area contributed by atoms with Crippen LogP contribution in [0.3, 0.4) is 0 Å². The highest BCUT2D eigenvalue weighted by Gasteiger charge is 2.45. The van der Waals surface area contributed by atoms with Gasteiger partial charge in [-0.15, -0.1) is 0 Å². The largest absolute Gasteiger partial charge is 0.398 e. The zero-order chi connectivity index (χ0) is 28.7. The molecule has 0 heterocycles. The van der Waals surface area contributed by atoms with Gasteiger partial charge in [-0.2, -0.15) is 0 Å². The fourth-order valence-electron chi connectivity index (χ4n) is 7.77. The zero-order valence-electron chi connectivity index (χ0n) is 23.5. The molecule has 43 heavy (non-hydrogen) atoms. The summed E-state index contributed by atoms with van der Waals surface area (Å²) in [5, 5.41) is 6.87. The molecule has 9 rings (SSSR count). The monoisotopic (exact) mass is 548 g/mol. The van der Waals surface area contributed by atoms with E-state index in [1.54, 1.807) is 0 Å². The van der Waals surface area contributed by atoms with Crippen molar-refractivity contribution in [2.45, 2.75) is 5.41 Å². The van der Waals surface area contributed by atoms with Gasteiger partial charge in [0.25, 0.3) is 0 Å². The number of rotatable bonds is 3. The maximum Gasteiger partial charge on any atom is 0.0713 e. The predicted octanol–water partition coefficient (Wildman–Crippen LogP) is 9.78. The van der Waals surface area contributed by atoms with Crippen molar-refractivity contribution in [1.29, 1.82) is 0 Å². The highest BCUT2D eigenvalue weighted by molar-refractivity contribution is 6.28. The normalized spacial score (nSPS) is 13.5. The highest BCUT2D eigenvalue weighted by atomic mass is 14.6. The molecule has 0 spiro atoms. The molecule has 0 saturated heterocycles. The van der Waals surface area contributed by atoms with Gasteiger partial charge in [0.2, 0.25) is 0 Å². The van der Waals surface area contributed by atoms with Gasteiger partial charge < -0.3 is 11.5 Å². The second-order valence-corrected chi connectivity index (χ2v) is 11.7. The number of hydrogen-bond acceptors (Lipinski definition) is 2. The molecule has 4 N–H and O–H groups in total. The van der Waals surface area contributed by atoms with Crippen molar-refractivity contribution in [2.75, 3.05) is 11.5 Å². The molecule has 0 saturated carbocycles. The Kier molecular flexibility index (Phi) is 4.87. The third-order valence-corrected chi connectivity index (χ3v) is 9.65. The van der Waals surface area contributed by atoms with Crippen molar-refractivity contribution in [2.24, 2.45) is 0 Å². The van der Waals surface area contributed by atoms with Crippen LogP contribution in [0.2, 0.25) is 0 Å². The van der Waals surface area contributed by atoms with Gasteiger partial charge in [-0.05, 0) is 72.6 Å². The molecule has 2 nitrogen and oxygen atoms in total. The maximum atomic E-state index is 6.97. The van der Waals surface area contributed by atoms with Gasteiger partial charge >= 0.3 is 0 Å². The standard InChI is InChI=1S/C41H28N2/c42-37-23-18-26-16-22-33-39-27(17-21-32(37)38(26)39)24-34(40(33)43)25-14-19-29(20-15-25)41(28-8-2-1-3-9-28)35-12-6-4-10-30(35)31-11-5-7-13-36(31)41/h1-24H,42-43H2. The van der Waals surface area contributed by atoms with Crippen LogP contribution in [0.1, 0.15) is 22.3 Å². The summed E-state index contributed by atoms with van der Waals surface area (Å²) in [6, 6.07) is 52.6. The molecule has 1 aliphatic carbocycles. The van der Waals surface area contributed by atoms with Crippen molar-refractivity contribution in [3.8, 4) is 22.3 Å². The Balaban J connectivity index is 1.27. The Bertz CT molecular complexity index is 2300. The van der Waals surface area contributed by atoms with Crippen LogP contribution < -0.4 is 11.5 Å². The summed E-state index contributed by atoms with van der Waals surface area (Å²) >= 11 is 0. The number of hydrogen-bond donors (Lipinski definition) is 2. The van der Waals surface area contributed by atoms with Crippen LogP contribution in [0, 0.1) is 0 Å². The molecule has 0 unspecified atom stereocenters. The van der Waals surface area contributed by atoms with E-state index in [0.29, 0.717) is 0 Å². The lowest BCUT2D eigenvalue weighted by Crippen LogP contribution is -2.28. The van der Waals surface area contributed by atoms with Gasteiger partial charge in [-0.3, -0.25) is 0 Å². The molecule has 8 aromatic rings. The Hall–Kier alpha value is -5.60.